The van der Waals surface area contributed by atoms with Crippen LogP contribution >= 0.6 is 11.3 Å². The molecule has 1 heterocycles. The molecule has 6 heteroatoms. The summed E-state index contributed by atoms with van der Waals surface area (Å²) < 4.78 is 17.7. The molecule has 2 rings (SSSR count). The van der Waals surface area contributed by atoms with Crippen molar-refractivity contribution in [3.63, 3.8) is 0 Å². The average molecular weight is 280 g/mol. The summed E-state index contributed by atoms with van der Waals surface area (Å²) in [5, 5.41) is 5.52. The number of ether oxygens (including phenoxy) is 1. The van der Waals surface area contributed by atoms with Crippen LogP contribution in [0.25, 0.3) is 0 Å². The van der Waals surface area contributed by atoms with Crippen molar-refractivity contribution in [2.75, 3.05) is 12.4 Å². The maximum absolute atomic E-state index is 13.1. The minimum absolute atomic E-state index is 0.150. The molecule has 2 aromatic rings. The molecule has 0 aliphatic heterocycles. The third-order valence-electron chi connectivity index (χ3n) is 2.51. The third kappa shape index (κ3) is 3.51. The molecular weight excluding hydrogens is 267 g/mol. The van der Waals surface area contributed by atoms with Crippen LogP contribution in [-0.2, 0) is 16.0 Å². The smallest absolute Gasteiger partial charge is 0.311 e. The monoisotopic (exact) mass is 280 g/mol. The summed E-state index contributed by atoms with van der Waals surface area (Å²) in [5.41, 5.74) is 1.98. The maximum Gasteiger partial charge on any atom is 0.311 e. The minimum Gasteiger partial charge on any atom is -0.469 e. The zero-order chi connectivity index (χ0) is 13.8. The lowest BCUT2D eigenvalue weighted by Gasteiger charge is -2.04. The van der Waals surface area contributed by atoms with Gasteiger partial charge in [0, 0.05) is 11.1 Å². The fourth-order valence-corrected chi connectivity index (χ4v) is 2.24. The number of thiazole rings is 1. The van der Waals surface area contributed by atoms with E-state index in [1.807, 2.05) is 0 Å². The molecule has 0 atom stereocenters. The maximum atomic E-state index is 13.1. The van der Waals surface area contributed by atoms with Gasteiger partial charge in [0.25, 0.3) is 0 Å². The molecule has 1 aromatic carbocycles. The largest absolute Gasteiger partial charge is 0.469 e. The first-order valence-corrected chi connectivity index (χ1v) is 6.51. The first kappa shape index (κ1) is 13.5. The van der Waals surface area contributed by atoms with E-state index in [-0.39, 0.29) is 18.2 Å². The summed E-state index contributed by atoms with van der Waals surface area (Å²) in [6, 6.07) is 4.75. The van der Waals surface area contributed by atoms with Crippen molar-refractivity contribution in [3.05, 3.63) is 40.7 Å². The number of nitrogens with zero attached hydrogens (tertiary/aromatic N) is 1. The van der Waals surface area contributed by atoms with Crippen molar-refractivity contribution >= 4 is 28.1 Å². The number of anilines is 2. The molecule has 19 heavy (non-hydrogen) atoms. The van der Waals surface area contributed by atoms with Crippen molar-refractivity contribution in [2.24, 2.45) is 0 Å². The van der Waals surface area contributed by atoms with Crippen molar-refractivity contribution < 1.29 is 13.9 Å². The predicted molar refractivity (Wildman–Crippen MR) is 72.3 cm³/mol. The molecule has 4 nitrogen and oxygen atoms in total. The number of aryl methyl sites for hydroxylation is 1. The molecule has 0 aliphatic rings. The number of benzene rings is 1. The second-order valence-corrected chi connectivity index (χ2v) is 4.84. The van der Waals surface area contributed by atoms with Crippen LogP contribution in [0.15, 0.2) is 23.6 Å². The van der Waals surface area contributed by atoms with Crippen LogP contribution in [-0.4, -0.2) is 18.1 Å². The summed E-state index contributed by atoms with van der Waals surface area (Å²) in [5.74, 6) is -0.564. The number of carbonyl (C=O) groups excluding carboxylic acids is 1. The summed E-state index contributed by atoms with van der Waals surface area (Å²) in [4.78, 5) is 15.4. The van der Waals surface area contributed by atoms with Crippen LogP contribution in [0.2, 0.25) is 0 Å². The Morgan fingerprint density at radius 3 is 3.00 bits per heavy atom. The van der Waals surface area contributed by atoms with Gasteiger partial charge < -0.3 is 10.1 Å². The Hall–Kier alpha value is -1.95. The Bertz CT molecular complexity index is 598. The fraction of sp³-hybridized carbons (Fsp3) is 0.231. The van der Waals surface area contributed by atoms with Crippen LogP contribution in [0, 0.1) is 12.7 Å². The van der Waals surface area contributed by atoms with Gasteiger partial charge in [-0.05, 0) is 30.7 Å². The van der Waals surface area contributed by atoms with E-state index in [0.29, 0.717) is 16.4 Å². The van der Waals surface area contributed by atoms with Crippen LogP contribution in [0.5, 0.6) is 0 Å². The normalized spacial score (nSPS) is 10.3. The molecule has 0 aliphatic carbocycles. The van der Waals surface area contributed by atoms with Crippen molar-refractivity contribution in [3.8, 4) is 0 Å². The molecule has 0 amide bonds. The number of nitrogens with one attached hydrogen (secondary N) is 1. The van der Waals surface area contributed by atoms with Gasteiger partial charge in [-0.15, -0.1) is 11.3 Å². The number of hydrogen-bond acceptors (Lipinski definition) is 5. The van der Waals surface area contributed by atoms with E-state index in [4.69, 9.17) is 0 Å². The molecule has 0 radical (unpaired) electrons. The van der Waals surface area contributed by atoms with E-state index in [9.17, 15) is 9.18 Å². The standard InChI is InChI=1S/C13H13FN2O2S/c1-8-5-9(3-4-11(8)14)15-13-16-10(7-19-13)6-12(17)18-2/h3-5,7H,6H2,1-2H3,(H,15,16). The molecule has 1 aromatic heterocycles. The van der Waals surface area contributed by atoms with E-state index in [2.05, 4.69) is 15.0 Å². The number of esters is 1. The molecule has 0 saturated heterocycles. The second kappa shape index (κ2) is 5.79. The van der Waals surface area contributed by atoms with Gasteiger partial charge in [0.1, 0.15) is 5.82 Å². The van der Waals surface area contributed by atoms with Gasteiger partial charge in [-0.3, -0.25) is 4.79 Å². The van der Waals surface area contributed by atoms with E-state index in [0.717, 1.165) is 5.69 Å². The quantitative estimate of drug-likeness (QED) is 0.875. The Balaban J connectivity index is 2.07. The summed E-state index contributed by atoms with van der Waals surface area (Å²) in [7, 11) is 1.34. The molecule has 0 unspecified atom stereocenters. The molecule has 1 N–H and O–H groups in total. The number of aromatic nitrogens is 1. The van der Waals surface area contributed by atoms with E-state index < -0.39 is 0 Å². The van der Waals surface area contributed by atoms with Gasteiger partial charge in [0.05, 0.1) is 19.2 Å². The Labute approximate surface area is 114 Å². The number of rotatable bonds is 4. The Kier molecular flexibility index (Phi) is 4.11. The van der Waals surface area contributed by atoms with E-state index in [1.165, 1.54) is 24.5 Å². The topological polar surface area (TPSA) is 51.2 Å². The van der Waals surface area contributed by atoms with Gasteiger partial charge in [0.2, 0.25) is 0 Å². The SMILES string of the molecule is COC(=O)Cc1csc(Nc2ccc(F)c(C)c2)n1. The van der Waals surface area contributed by atoms with Gasteiger partial charge in [-0.1, -0.05) is 0 Å². The lowest BCUT2D eigenvalue weighted by atomic mass is 10.2. The summed E-state index contributed by atoms with van der Waals surface area (Å²) in [6.07, 6.45) is 0.150. The van der Waals surface area contributed by atoms with E-state index in [1.54, 1.807) is 24.4 Å². The van der Waals surface area contributed by atoms with Crippen LogP contribution in [0.4, 0.5) is 15.2 Å². The highest BCUT2D eigenvalue weighted by Gasteiger charge is 2.08. The Morgan fingerprint density at radius 1 is 1.53 bits per heavy atom. The van der Waals surface area contributed by atoms with Gasteiger partial charge in [-0.25, -0.2) is 9.37 Å². The molecular formula is C13H13FN2O2S. The molecule has 0 bridgehead atoms. The fourth-order valence-electron chi connectivity index (χ4n) is 1.51. The molecule has 100 valence electrons. The highest BCUT2D eigenvalue weighted by atomic mass is 32.1. The summed E-state index contributed by atoms with van der Waals surface area (Å²) in [6.45, 7) is 1.70. The summed E-state index contributed by atoms with van der Waals surface area (Å²) >= 11 is 1.38. The molecule has 0 saturated carbocycles. The van der Waals surface area contributed by atoms with Crippen molar-refractivity contribution in [1.29, 1.82) is 0 Å². The zero-order valence-electron chi connectivity index (χ0n) is 10.6. The van der Waals surface area contributed by atoms with Crippen LogP contribution < -0.4 is 5.32 Å². The third-order valence-corrected chi connectivity index (χ3v) is 3.32. The predicted octanol–water partition coefficient (Wildman–Crippen LogP) is 3.05. The Morgan fingerprint density at radius 2 is 2.32 bits per heavy atom. The van der Waals surface area contributed by atoms with Gasteiger partial charge >= 0.3 is 5.97 Å². The number of hydrogen-bond donors (Lipinski definition) is 1. The molecule has 0 fully saturated rings. The first-order valence-electron chi connectivity index (χ1n) is 5.63. The van der Waals surface area contributed by atoms with Crippen molar-refractivity contribution in [1.82, 2.24) is 4.98 Å². The minimum atomic E-state index is -0.325. The lowest BCUT2D eigenvalue weighted by Crippen LogP contribution is -2.04. The van der Waals surface area contributed by atoms with Gasteiger partial charge in [-0.2, -0.15) is 0 Å². The lowest BCUT2D eigenvalue weighted by molar-refractivity contribution is -0.139. The zero-order valence-corrected chi connectivity index (χ0v) is 11.4. The van der Waals surface area contributed by atoms with Gasteiger partial charge in [0.15, 0.2) is 5.13 Å². The average Bonchev–Trinajstić information content (AvgIpc) is 2.81. The first-order chi connectivity index (χ1) is 9.08. The number of halogens is 1. The van der Waals surface area contributed by atoms with Crippen LogP contribution in [0.1, 0.15) is 11.3 Å². The highest BCUT2D eigenvalue weighted by Crippen LogP contribution is 2.22. The highest BCUT2D eigenvalue weighted by molar-refractivity contribution is 7.13. The molecule has 0 spiro atoms. The van der Waals surface area contributed by atoms with E-state index >= 15 is 0 Å². The number of methoxy groups -OCH3 is 1. The van der Waals surface area contributed by atoms with Crippen molar-refractivity contribution in [2.45, 2.75) is 13.3 Å². The second-order valence-electron chi connectivity index (χ2n) is 3.99. The van der Waals surface area contributed by atoms with Crippen LogP contribution in [0.3, 0.4) is 0 Å². The number of carbonyl (C=O) groups is 1.